The van der Waals surface area contributed by atoms with Gasteiger partial charge in [-0.1, -0.05) is 11.3 Å². The summed E-state index contributed by atoms with van der Waals surface area (Å²) in [4.78, 5) is 4.47. The van der Waals surface area contributed by atoms with Crippen molar-refractivity contribution in [3.63, 3.8) is 0 Å². The fourth-order valence-electron chi connectivity index (χ4n) is 0.477. The van der Waals surface area contributed by atoms with Crippen LogP contribution in [0.5, 0.6) is 5.19 Å². The third kappa shape index (κ3) is 2.36. The van der Waals surface area contributed by atoms with E-state index in [1.54, 1.807) is 0 Å². The van der Waals surface area contributed by atoms with Crippen LogP contribution < -0.4 is 10.5 Å². The van der Waals surface area contributed by atoms with Crippen molar-refractivity contribution in [1.82, 2.24) is 4.98 Å². The van der Waals surface area contributed by atoms with Gasteiger partial charge in [-0.05, 0) is 0 Å². The maximum absolute atomic E-state index is 7.02. The van der Waals surface area contributed by atoms with E-state index in [0.29, 0.717) is 10.1 Å². The van der Waals surface area contributed by atoms with E-state index in [2.05, 4.69) is 4.98 Å². The molecule has 0 radical (unpaired) electrons. The molecule has 0 saturated heterocycles. The van der Waals surface area contributed by atoms with Crippen LogP contribution in [0.25, 0.3) is 0 Å². The lowest BCUT2D eigenvalue weighted by Gasteiger charge is -1.87. The highest BCUT2D eigenvalue weighted by atomic mass is 35.5. The number of ether oxygens (including phenoxy) is 1. The normalized spacial score (nSPS) is 8.45. The van der Waals surface area contributed by atoms with Gasteiger partial charge in [0.05, 0.1) is 18.2 Å². The Morgan fingerprint density at radius 1 is 1.82 bits per heavy atom. The number of hydrogen-bond acceptors (Lipinski definition) is 4. The monoisotopic (exact) mass is 193 g/mol. The summed E-state index contributed by atoms with van der Waals surface area (Å²) in [5.41, 5.74) is 5.18. The lowest BCUT2D eigenvalue weighted by molar-refractivity contribution is 0.412. The summed E-state index contributed by atoms with van der Waals surface area (Å²) < 4.78 is 4.80. The zero-order valence-corrected chi connectivity index (χ0v) is 7.46. The van der Waals surface area contributed by atoms with Crippen molar-refractivity contribution in [3.8, 4) is 5.19 Å². The molecule has 0 aromatic carbocycles. The zero-order valence-electron chi connectivity index (χ0n) is 5.83. The maximum atomic E-state index is 7.02. The number of nitrogens with one attached hydrogen (secondary N) is 1. The minimum absolute atomic E-state index is 0. The molecule has 1 aromatic rings. The number of nitrogens with zero attached hydrogens (tertiary/aromatic N) is 1. The zero-order chi connectivity index (χ0) is 7.56. The van der Waals surface area contributed by atoms with Gasteiger partial charge >= 0.3 is 0 Å². The number of thiazole rings is 1. The molecule has 0 aliphatic carbocycles. The number of methoxy groups -OCH3 is 1. The van der Waals surface area contributed by atoms with Gasteiger partial charge in [-0.15, -0.1) is 12.4 Å². The van der Waals surface area contributed by atoms with Crippen LogP contribution in [-0.4, -0.2) is 17.9 Å². The van der Waals surface area contributed by atoms with Gasteiger partial charge in [0.2, 0.25) is 0 Å². The Kier molecular flexibility index (Phi) is 3.84. The number of nitrogens with two attached hydrogens (primary N) is 1. The number of aromatic nitrogens is 1. The van der Waals surface area contributed by atoms with Crippen molar-refractivity contribution in [2.24, 2.45) is 5.73 Å². The minimum Gasteiger partial charge on any atom is -0.473 e. The molecule has 1 aromatic heterocycles. The molecule has 0 spiro atoms. The van der Waals surface area contributed by atoms with E-state index in [1.165, 1.54) is 24.6 Å². The molecular formula is C5H8ClN3OS. The van der Waals surface area contributed by atoms with Gasteiger partial charge in [0.1, 0.15) is 5.84 Å². The van der Waals surface area contributed by atoms with Gasteiger partial charge in [0.25, 0.3) is 5.19 Å². The molecule has 0 aliphatic rings. The average molecular weight is 194 g/mol. The highest BCUT2D eigenvalue weighted by Gasteiger charge is 2.02. The minimum atomic E-state index is 0. The SMILES string of the molecule is COc1ncc(C(=N)N)s1.Cl. The molecule has 0 bridgehead atoms. The molecule has 0 atom stereocenters. The van der Waals surface area contributed by atoms with E-state index in [4.69, 9.17) is 15.9 Å². The molecular weight excluding hydrogens is 186 g/mol. The maximum Gasteiger partial charge on any atom is 0.273 e. The first kappa shape index (κ1) is 10.2. The first-order valence-electron chi connectivity index (χ1n) is 2.58. The average Bonchev–Trinajstić information content (AvgIpc) is 2.34. The Morgan fingerprint density at radius 3 is 2.73 bits per heavy atom. The van der Waals surface area contributed by atoms with E-state index in [9.17, 15) is 0 Å². The summed E-state index contributed by atoms with van der Waals surface area (Å²) in [5.74, 6) is 0.0285. The molecule has 0 fully saturated rings. The molecule has 62 valence electrons. The van der Waals surface area contributed by atoms with Crippen LogP contribution in [0.2, 0.25) is 0 Å². The topological polar surface area (TPSA) is 72.0 Å². The molecule has 0 amide bonds. The lowest BCUT2D eigenvalue weighted by Crippen LogP contribution is -2.08. The molecule has 1 rings (SSSR count). The Hall–Kier alpha value is -0.810. The highest BCUT2D eigenvalue weighted by molar-refractivity contribution is 7.15. The molecule has 11 heavy (non-hydrogen) atoms. The van der Waals surface area contributed by atoms with Crippen molar-refractivity contribution >= 4 is 29.6 Å². The summed E-state index contributed by atoms with van der Waals surface area (Å²) in [6.45, 7) is 0. The van der Waals surface area contributed by atoms with Gasteiger partial charge in [-0.3, -0.25) is 5.41 Å². The van der Waals surface area contributed by atoms with Crippen molar-refractivity contribution in [2.75, 3.05) is 7.11 Å². The third-order valence-electron chi connectivity index (χ3n) is 0.925. The number of hydrogen-bond donors (Lipinski definition) is 2. The van der Waals surface area contributed by atoms with Gasteiger partial charge in [-0.25, -0.2) is 4.98 Å². The second kappa shape index (κ2) is 4.15. The van der Waals surface area contributed by atoms with Gasteiger partial charge < -0.3 is 10.5 Å². The fraction of sp³-hybridized carbons (Fsp3) is 0.200. The fourth-order valence-corrected chi connectivity index (χ4v) is 1.07. The molecule has 0 aliphatic heterocycles. The van der Waals surface area contributed by atoms with Gasteiger partial charge in [-0.2, -0.15) is 0 Å². The second-order valence-electron chi connectivity index (χ2n) is 1.61. The van der Waals surface area contributed by atoms with Crippen molar-refractivity contribution < 1.29 is 4.74 Å². The van der Waals surface area contributed by atoms with Crippen LogP contribution in [0.1, 0.15) is 4.88 Å². The number of halogens is 1. The number of rotatable bonds is 2. The standard InChI is InChI=1S/C5H7N3OS.ClH/c1-9-5-8-2-3(10-5)4(6)7;/h2H,1H3,(H3,6,7);1H. The largest absolute Gasteiger partial charge is 0.473 e. The lowest BCUT2D eigenvalue weighted by atomic mass is 10.5. The number of nitrogen functional groups attached to an aromatic ring is 1. The molecule has 3 N–H and O–H groups in total. The van der Waals surface area contributed by atoms with Crippen LogP contribution >= 0.6 is 23.7 Å². The van der Waals surface area contributed by atoms with Crippen LogP contribution in [0, 0.1) is 5.41 Å². The summed E-state index contributed by atoms with van der Waals surface area (Å²) >= 11 is 1.26. The Bertz CT molecular complexity index is 250. The second-order valence-corrected chi connectivity index (χ2v) is 2.60. The summed E-state index contributed by atoms with van der Waals surface area (Å²) in [6.07, 6.45) is 1.52. The number of amidine groups is 1. The first-order valence-corrected chi connectivity index (χ1v) is 3.40. The molecule has 1 heterocycles. The summed E-state index contributed by atoms with van der Waals surface area (Å²) in [5, 5.41) is 7.55. The van der Waals surface area contributed by atoms with E-state index < -0.39 is 0 Å². The van der Waals surface area contributed by atoms with Crippen LogP contribution in [0.15, 0.2) is 6.20 Å². The quantitative estimate of drug-likeness (QED) is 0.541. The molecule has 0 saturated carbocycles. The van der Waals surface area contributed by atoms with E-state index >= 15 is 0 Å². The Labute approximate surface area is 74.3 Å². The summed E-state index contributed by atoms with van der Waals surface area (Å²) in [7, 11) is 1.53. The first-order chi connectivity index (χ1) is 4.74. The van der Waals surface area contributed by atoms with Crippen LogP contribution in [0.4, 0.5) is 0 Å². The van der Waals surface area contributed by atoms with Crippen LogP contribution in [-0.2, 0) is 0 Å². The van der Waals surface area contributed by atoms with Gasteiger partial charge in [0, 0.05) is 0 Å². The predicted molar refractivity (Wildman–Crippen MR) is 46.9 cm³/mol. The third-order valence-corrected chi connectivity index (χ3v) is 1.92. The molecule has 0 unspecified atom stereocenters. The van der Waals surface area contributed by atoms with Crippen LogP contribution in [0.3, 0.4) is 0 Å². The van der Waals surface area contributed by atoms with E-state index in [0.717, 1.165) is 0 Å². The van der Waals surface area contributed by atoms with Gasteiger partial charge in [0.15, 0.2) is 0 Å². The van der Waals surface area contributed by atoms with Crippen molar-refractivity contribution in [3.05, 3.63) is 11.1 Å². The van der Waals surface area contributed by atoms with E-state index in [1.807, 2.05) is 0 Å². The Morgan fingerprint density at radius 2 is 2.45 bits per heavy atom. The smallest absolute Gasteiger partial charge is 0.273 e. The Balaban J connectivity index is 0.000001000. The predicted octanol–water partition coefficient (Wildman–Crippen LogP) is 0.858. The molecule has 6 heteroatoms. The molecule has 4 nitrogen and oxygen atoms in total. The summed E-state index contributed by atoms with van der Waals surface area (Å²) in [6, 6.07) is 0. The van der Waals surface area contributed by atoms with E-state index in [-0.39, 0.29) is 18.2 Å². The van der Waals surface area contributed by atoms with Crippen molar-refractivity contribution in [2.45, 2.75) is 0 Å². The highest BCUT2D eigenvalue weighted by Crippen LogP contribution is 2.18. The van der Waals surface area contributed by atoms with Crippen molar-refractivity contribution in [1.29, 1.82) is 5.41 Å².